The van der Waals surface area contributed by atoms with Gasteiger partial charge in [0, 0.05) is 19.3 Å². The lowest BCUT2D eigenvalue weighted by Gasteiger charge is -2.45. The van der Waals surface area contributed by atoms with Crippen LogP contribution in [0.15, 0.2) is 11.0 Å². The Labute approximate surface area is 132 Å². The number of aromatic carboxylic acids is 1. The molecular formula is C15H18N2O6. The van der Waals surface area contributed by atoms with Crippen LogP contribution in [0.1, 0.15) is 40.2 Å². The number of carboxylic acid groups (broad SMARTS) is 1. The third kappa shape index (κ3) is 2.21. The topological polar surface area (TPSA) is 98.1 Å². The molecule has 23 heavy (non-hydrogen) atoms. The van der Waals surface area contributed by atoms with Crippen LogP contribution in [0.25, 0.3) is 0 Å². The Morgan fingerprint density at radius 2 is 2.17 bits per heavy atom. The van der Waals surface area contributed by atoms with Gasteiger partial charge in [0.05, 0.1) is 25.8 Å². The summed E-state index contributed by atoms with van der Waals surface area (Å²) in [6, 6.07) is -0.313. The van der Waals surface area contributed by atoms with Crippen molar-refractivity contribution in [1.29, 1.82) is 0 Å². The van der Waals surface area contributed by atoms with Crippen molar-refractivity contribution in [3.63, 3.8) is 0 Å². The van der Waals surface area contributed by atoms with E-state index in [-0.39, 0.29) is 29.4 Å². The molecule has 0 saturated carbocycles. The van der Waals surface area contributed by atoms with Crippen LogP contribution in [0.4, 0.5) is 0 Å². The van der Waals surface area contributed by atoms with Gasteiger partial charge >= 0.3 is 5.97 Å². The van der Waals surface area contributed by atoms with Gasteiger partial charge < -0.3 is 24.0 Å². The third-order valence-electron chi connectivity index (χ3n) is 4.48. The molecule has 1 N–H and O–H groups in total. The molecule has 1 amide bonds. The zero-order chi connectivity index (χ0) is 16.7. The molecule has 0 aromatic carbocycles. The molecule has 8 heteroatoms. The Morgan fingerprint density at radius 3 is 2.78 bits per heavy atom. The summed E-state index contributed by atoms with van der Waals surface area (Å²) in [7, 11) is 1.27. The zero-order valence-electron chi connectivity index (χ0n) is 12.9. The first-order valence-electron chi connectivity index (χ1n) is 7.46. The van der Waals surface area contributed by atoms with Crippen molar-refractivity contribution in [3.8, 4) is 5.75 Å². The van der Waals surface area contributed by atoms with Gasteiger partial charge in [0.25, 0.3) is 5.91 Å². The van der Waals surface area contributed by atoms with E-state index in [9.17, 15) is 19.5 Å². The number of likely N-dealkylation sites (N-methyl/N-ethyl adjacent to an activating group) is 1. The molecule has 2 aliphatic rings. The minimum absolute atomic E-state index is 0.118. The first-order chi connectivity index (χ1) is 11.0. The summed E-state index contributed by atoms with van der Waals surface area (Å²) in [5, 5.41) is 9.26. The third-order valence-corrected chi connectivity index (χ3v) is 4.48. The second kappa shape index (κ2) is 5.69. The van der Waals surface area contributed by atoms with Gasteiger partial charge in [-0.2, -0.15) is 0 Å². The maximum atomic E-state index is 12.8. The lowest BCUT2D eigenvalue weighted by atomic mass is 9.96. The maximum absolute atomic E-state index is 12.8. The minimum Gasteiger partial charge on any atom is -0.491 e. The molecule has 3 rings (SSSR count). The second-order valence-electron chi connectivity index (χ2n) is 5.56. The van der Waals surface area contributed by atoms with Crippen molar-refractivity contribution >= 4 is 11.9 Å². The number of nitrogens with zero attached hydrogens (tertiary/aromatic N) is 2. The standard InChI is InChI=1S/C15H18N2O6/c1-3-16-10-7-23-5-4-9(10)17-6-8(15(20)21)12(18)13(22-2)11(17)14(16)19/h6,9-10H,3-5,7H2,1-2H3,(H,20,21). The molecule has 0 aliphatic carbocycles. The van der Waals surface area contributed by atoms with Gasteiger partial charge in [-0.15, -0.1) is 0 Å². The molecule has 1 aromatic rings. The number of carboxylic acids is 1. The van der Waals surface area contributed by atoms with E-state index in [1.165, 1.54) is 13.3 Å². The van der Waals surface area contributed by atoms with Gasteiger partial charge in [-0.25, -0.2) is 4.79 Å². The highest BCUT2D eigenvalue weighted by atomic mass is 16.5. The van der Waals surface area contributed by atoms with Gasteiger partial charge in [0.15, 0.2) is 11.4 Å². The normalized spacial score (nSPS) is 23.2. The van der Waals surface area contributed by atoms with Crippen LogP contribution in [0.3, 0.4) is 0 Å². The highest BCUT2D eigenvalue weighted by molar-refractivity contribution is 5.98. The van der Waals surface area contributed by atoms with E-state index in [1.54, 1.807) is 9.47 Å². The molecular weight excluding hydrogens is 304 g/mol. The van der Waals surface area contributed by atoms with Gasteiger partial charge in [-0.1, -0.05) is 0 Å². The number of rotatable bonds is 3. The summed E-state index contributed by atoms with van der Waals surface area (Å²) >= 11 is 0. The van der Waals surface area contributed by atoms with Crippen molar-refractivity contribution in [2.24, 2.45) is 0 Å². The summed E-state index contributed by atoms with van der Waals surface area (Å²) in [4.78, 5) is 38.1. The van der Waals surface area contributed by atoms with Crippen LogP contribution in [0, 0.1) is 0 Å². The van der Waals surface area contributed by atoms with E-state index < -0.39 is 17.0 Å². The molecule has 1 fully saturated rings. The molecule has 1 aromatic heterocycles. The molecule has 3 heterocycles. The fourth-order valence-corrected chi connectivity index (χ4v) is 3.42. The fourth-order valence-electron chi connectivity index (χ4n) is 3.42. The Morgan fingerprint density at radius 1 is 1.43 bits per heavy atom. The average molecular weight is 322 g/mol. The van der Waals surface area contributed by atoms with Crippen LogP contribution in [0.2, 0.25) is 0 Å². The fraction of sp³-hybridized carbons (Fsp3) is 0.533. The van der Waals surface area contributed by atoms with E-state index >= 15 is 0 Å². The predicted molar refractivity (Wildman–Crippen MR) is 79.2 cm³/mol. The molecule has 0 bridgehead atoms. The van der Waals surface area contributed by atoms with Crippen LogP contribution < -0.4 is 10.2 Å². The number of pyridine rings is 1. The van der Waals surface area contributed by atoms with Crippen LogP contribution in [-0.4, -0.2) is 59.4 Å². The molecule has 0 radical (unpaired) electrons. The van der Waals surface area contributed by atoms with Crippen molar-refractivity contribution in [2.45, 2.75) is 25.4 Å². The molecule has 0 spiro atoms. The lowest BCUT2D eigenvalue weighted by Crippen LogP contribution is -2.55. The molecule has 8 nitrogen and oxygen atoms in total. The lowest BCUT2D eigenvalue weighted by molar-refractivity contribution is -0.0176. The van der Waals surface area contributed by atoms with E-state index in [2.05, 4.69) is 0 Å². The van der Waals surface area contributed by atoms with E-state index in [1.807, 2.05) is 6.92 Å². The second-order valence-corrected chi connectivity index (χ2v) is 5.56. The van der Waals surface area contributed by atoms with Crippen LogP contribution in [-0.2, 0) is 4.74 Å². The van der Waals surface area contributed by atoms with Gasteiger partial charge in [0.1, 0.15) is 5.56 Å². The van der Waals surface area contributed by atoms with Crippen LogP contribution >= 0.6 is 0 Å². The first-order valence-corrected chi connectivity index (χ1v) is 7.46. The molecule has 124 valence electrons. The highest BCUT2D eigenvalue weighted by Gasteiger charge is 2.43. The Hall–Kier alpha value is -2.35. The van der Waals surface area contributed by atoms with Crippen molar-refractivity contribution < 1.29 is 24.2 Å². The number of carbonyl (C=O) groups excluding carboxylic acids is 1. The Balaban J connectivity index is 2.29. The predicted octanol–water partition coefficient (Wildman–Crippen LogP) is 0.361. The van der Waals surface area contributed by atoms with Gasteiger partial charge in [0.2, 0.25) is 5.43 Å². The quantitative estimate of drug-likeness (QED) is 0.863. The summed E-state index contributed by atoms with van der Waals surface area (Å²) in [5.74, 6) is -1.89. The van der Waals surface area contributed by atoms with Gasteiger partial charge in [-0.3, -0.25) is 9.59 Å². The van der Waals surface area contributed by atoms with Crippen molar-refractivity contribution in [3.05, 3.63) is 27.7 Å². The summed E-state index contributed by atoms with van der Waals surface area (Å²) in [5.41, 5.74) is -1.05. The summed E-state index contributed by atoms with van der Waals surface area (Å²) in [6.07, 6.45) is 1.89. The molecule has 2 unspecified atom stereocenters. The summed E-state index contributed by atoms with van der Waals surface area (Å²) in [6.45, 7) is 3.24. The minimum atomic E-state index is -1.34. The number of amides is 1. The van der Waals surface area contributed by atoms with E-state index in [0.717, 1.165) is 0 Å². The Kier molecular flexibility index (Phi) is 3.85. The van der Waals surface area contributed by atoms with E-state index in [4.69, 9.17) is 9.47 Å². The zero-order valence-corrected chi connectivity index (χ0v) is 12.9. The maximum Gasteiger partial charge on any atom is 0.341 e. The highest BCUT2D eigenvalue weighted by Crippen LogP contribution is 2.35. The van der Waals surface area contributed by atoms with E-state index in [0.29, 0.717) is 26.2 Å². The monoisotopic (exact) mass is 322 g/mol. The number of methoxy groups -OCH3 is 1. The number of ether oxygens (including phenoxy) is 2. The van der Waals surface area contributed by atoms with Crippen molar-refractivity contribution in [2.75, 3.05) is 26.9 Å². The van der Waals surface area contributed by atoms with Gasteiger partial charge in [-0.05, 0) is 13.3 Å². The first kappa shape index (κ1) is 15.5. The Bertz CT molecular complexity index is 725. The summed E-state index contributed by atoms with van der Waals surface area (Å²) < 4.78 is 12.2. The molecule has 2 atom stereocenters. The number of carbonyl (C=O) groups is 2. The van der Waals surface area contributed by atoms with Crippen molar-refractivity contribution in [1.82, 2.24) is 9.47 Å². The average Bonchev–Trinajstić information content (AvgIpc) is 2.54. The SMILES string of the molecule is CCN1C(=O)c2c(OC)c(=O)c(C(=O)O)cn2C2CCOCC21. The largest absolute Gasteiger partial charge is 0.491 e. The number of fused-ring (bicyclic) bond motifs is 3. The number of hydrogen-bond acceptors (Lipinski definition) is 5. The number of aromatic nitrogens is 1. The number of hydrogen-bond donors (Lipinski definition) is 1. The smallest absolute Gasteiger partial charge is 0.341 e. The van der Waals surface area contributed by atoms with Crippen LogP contribution in [0.5, 0.6) is 5.75 Å². The molecule has 1 saturated heterocycles. The molecule has 2 aliphatic heterocycles.